The Bertz CT molecular complexity index is 1390. The van der Waals surface area contributed by atoms with Gasteiger partial charge in [-0.3, -0.25) is 9.59 Å². The Morgan fingerprint density at radius 2 is 1.73 bits per heavy atom. The fourth-order valence-electron chi connectivity index (χ4n) is 3.16. The molecule has 3 aromatic carbocycles. The molecule has 0 aliphatic carbocycles. The van der Waals surface area contributed by atoms with Crippen LogP contribution in [0.15, 0.2) is 70.1 Å². The number of amides is 1. The lowest BCUT2D eigenvalue weighted by molar-refractivity contribution is -0.118. The van der Waals surface area contributed by atoms with Gasteiger partial charge in [-0.15, -0.1) is 0 Å². The number of benzene rings is 3. The molecule has 8 heteroatoms. The number of carbonyl (C=O) groups excluding carboxylic acids is 1. The van der Waals surface area contributed by atoms with E-state index in [-0.39, 0.29) is 17.8 Å². The molecule has 0 bridgehead atoms. The first-order chi connectivity index (χ1) is 15.8. The summed E-state index contributed by atoms with van der Waals surface area (Å²) < 4.78 is 16.9. The molecule has 0 saturated carbocycles. The summed E-state index contributed by atoms with van der Waals surface area (Å²) >= 11 is 11.9. The molecule has 1 aromatic heterocycles. The Morgan fingerprint density at radius 3 is 2.48 bits per heavy atom. The van der Waals surface area contributed by atoms with Crippen LogP contribution >= 0.6 is 23.2 Å². The van der Waals surface area contributed by atoms with E-state index in [1.54, 1.807) is 36.4 Å². The van der Waals surface area contributed by atoms with Crippen LogP contribution in [0.5, 0.6) is 17.2 Å². The molecule has 1 heterocycles. The highest BCUT2D eigenvalue weighted by molar-refractivity contribution is 6.35. The van der Waals surface area contributed by atoms with Gasteiger partial charge in [0, 0.05) is 21.8 Å². The average molecular weight is 484 g/mol. The van der Waals surface area contributed by atoms with Crippen LogP contribution in [0.3, 0.4) is 0 Å². The predicted octanol–water partition coefficient (Wildman–Crippen LogP) is 6.53. The molecule has 1 amide bonds. The SMILES string of the molecule is Cc1ccc(C)c(Oc2coc3cc(OCC(=O)Nc4cc(Cl)cc(Cl)c4)ccc3c2=O)c1. The van der Waals surface area contributed by atoms with Crippen molar-refractivity contribution < 1.29 is 18.7 Å². The van der Waals surface area contributed by atoms with E-state index < -0.39 is 5.91 Å². The summed E-state index contributed by atoms with van der Waals surface area (Å²) in [5.41, 5.74) is 2.39. The Morgan fingerprint density at radius 1 is 0.970 bits per heavy atom. The molecule has 0 aliphatic rings. The summed E-state index contributed by atoms with van der Waals surface area (Å²) in [5, 5.41) is 3.81. The van der Waals surface area contributed by atoms with E-state index in [1.807, 2.05) is 32.0 Å². The standard InChI is InChI=1S/C25H19Cl2NO5/c1-14-3-4-15(2)21(7-14)33-23-12-32-22-11-19(5-6-20(22)25(23)30)31-13-24(29)28-18-9-16(26)8-17(27)10-18/h3-12H,13H2,1-2H3,(H,28,29). The van der Waals surface area contributed by atoms with Gasteiger partial charge >= 0.3 is 0 Å². The smallest absolute Gasteiger partial charge is 0.262 e. The number of halogens is 2. The second kappa shape index (κ2) is 9.57. The zero-order valence-corrected chi connectivity index (χ0v) is 19.3. The predicted molar refractivity (Wildman–Crippen MR) is 129 cm³/mol. The molecule has 6 nitrogen and oxygen atoms in total. The summed E-state index contributed by atoms with van der Waals surface area (Å²) in [4.78, 5) is 25.0. The van der Waals surface area contributed by atoms with Gasteiger partial charge in [0.05, 0.1) is 5.39 Å². The molecule has 1 N–H and O–H groups in total. The van der Waals surface area contributed by atoms with E-state index in [1.165, 1.54) is 6.26 Å². The van der Waals surface area contributed by atoms with Crippen LogP contribution in [-0.2, 0) is 4.79 Å². The highest BCUT2D eigenvalue weighted by Crippen LogP contribution is 2.27. The molecular formula is C25H19Cl2NO5. The highest BCUT2D eigenvalue weighted by atomic mass is 35.5. The van der Waals surface area contributed by atoms with E-state index in [4.69, 9.17) is 37.1 Å². The number of rotatable bonds is 6. The second-order valence-electron chi connectivity index (χ2n) is 7.45. The van der Waals surface area contributed by atoms with Crippen molar-refractivity contribution in [2.75, 3.05) is 11.9 Å². The first-order valence-electron chi connectivity index (χ1n) is 9.98. The third kappa shape index (κ3) is 5.48. The molecule has 0 radical (unpaired) electrons. The maximum Gasteiger partial charge on any atom is 0.262 e. The summed E-state index contributed by atoms with van der Waals surface area (Å²) in [7, 11) is 0. The van der Waals surface area contributed by atoms with Crippen molar-refractivity contribution in [2.24, 2.45) is 0 Å². The van der Waals surface area contributed by atoms with Crippen molar-refractivity contribution in [3.8, 4) is 17.2 Å². The van der Waals surface area contributed by atoms with E-state index in [2.05, 4.69) is 5.32 Å². The number of ether oxygens (including phenoxy) is 2. The number of fused-ring (bicyclic) bond motifs is 1. The molecule has 4 aromatic rings. The molecule has 0 fully saturated rings. The molecule has 0 aliphatic heterocycles. The summed E-state index contributed by atoms with van der Waals surface area (Å²) in [6.07, 6.45) is 1.27. The maximum absolute atomic E-state index is 12.9. The van der Waals surface area contributed by atoms with Crippen LogP contribution in [0.2, 0.25) is 10.0 Å². The molecule has 33 heavy (non-hydrogen) atoms. The minimum atomic E-state index is -0.396. The zero-order valence-electron chi connectivity index (χ0n) is 17.8. The fraction of sp³-hybridized carbons (Fsp3) is 0.120. The Labute approximate surface area is 199 Å². The van der Waals surface area contributed by atoms with Crippen molar-refractivity contribution in [3.05, 3.63) is 92.3 Å². The lowest BCUT2D eigenvalue weighted by Gasteiger charge is -2.10. The van der Waals surface area contributed by atoms with E-state index in [0.717, 1.165) is 11.1 Å². The normalized spacial score (nSPS) is 10.8. The summed E-state index contributed by atoms with van der Waals surface area (Å²) in [6, 6.07) is 15.2. The van der Waals surface area contributed by atoms with E-state index >= 15 is 0 Å². The number of anilines is 1. The van der Waals surface area contributed by atoms with Crippen LogP contribution in [0, 0.1) is 13.8 Å². The highest BCUT2D eigenvalue weighted by Gasteiger charge is 2.12. The number of aryl methyl sites for hydroxylation is 2. The van der Waals surface area contributed by atoms with Crippen LogP contribution in [0.1, 0.15) is 11.1 Å². The van der Waals surface area contributed by atoms with Crippen molar-refractivity contribution in [1.29, 1.82) is 0 Å². The number of carbonyl (C=O) groups is 1. The van der Waals surface area contributed by atoms with Gasteiger partial charge in [-0.1, -0.05) is 35.3 Å². The first-order valence-corrected chi connectivity index (χ1v) is 10.7. The van der Waals surface area contributed by atoms with Gasteiger partial charge in [-0.05, 0) is 61.4 Å². The third-order valence-corrected chi connectivity index (χ3v) is 5.23. The van der Waals surface area contributed by atoms with E-state index in [9.17, 15) is 9.59 Å². The molecular weight excluding hydrogens is 465 g/mol. The monoisotopic (exact) mass is 483 g/mol. The van der Waals surface area contributed by atoms with Crippen LogP contribution < -0.4 is 20.2 Å². The number of hydrogen-bond acceptors (Lipinski definition) is 5. The summed E-state index contributed by atoms with van der Waals surface area (Å²) in [5.74, 6) is 0.651. The average Bonchev–Trinajstić information content (AvgIpc) is 2.76. The summed E-state index contributed by atoms with van der Waals surface area (Å²) in [6.45, 7) is 3.59. The Hall–Kier alpha value is -3.48. The maximum atomic E-state index is 12.9. The van der Waals surface area contributed by atoms with Crippen molar-refractivity contribution in [1.82, 2.24) is 0 Å². The largest absolute Gasteiger partial charge is 0.484 e. The van der Waals surface area contributed by atoms with Gasteiger partial charge in [0.2, 0.25) is 11.2 Å². The van der Waals surface area contributed by atoms with Crippen LogP contribution in [0.4, 0.5) is 5.69 Å². The number of hydrogen-bond donors (Lipinski definition) is 1. The van der Waals surface area contributed by atoms with E-state index in [0.29, 0.717) is 38.2 Å². The van der Waals surface area contributed by atoms with Crippen LogP contribution in [-0.4, -0.2) is 12.5 Å². The minimum Gasteiger partial charge on any atom is -0.484 e. The fourth-order valence-corrected chi connectivity index (χ4v) is 3.68. The molecule has 0 unspecified atom stereocenters. The Kier molecular flexibility index (Phi) is 6.58. The topological polar surface area (TPSA) is 77.8 Å². The van der Waals surface area contributed by atoms with Crippen LogP contribution in [0.25, 0.3) is 11.0 Å². The van der Waals surface area contributed by atoms with Gasteiger partial charge in [0.15, 0.2) is 6.61 Å². The molecule has 168 valence electrons. The van der Waals surface area contributed by atoms with Gasteiger partial charge < -0.3 is 19.2 Å². The Balaban J connectivity index is 1.47. The first kappa shape index (κ1) is 22.7. The minimum absolute atomic E-state index is 0.0874. The molecule has 4 rings (SSSR count). The van der Waals surface area contributed by atoms with Gasteiger partial charge in [-0.2, -0.15) is 0 Å². The van der Waals surface area contributed by atoms with Gasteiger partial charge in [0.25, 0.3) is 5.91 Å². The van der Waals surface area contributed by atoms with Crippen molar-refractivity contribution >= 4 is 45.8 Å². The molecule has 0 atom stereocenters. The van der Waals surface area contributed by atoms with Crippen molar-refractivity contribution in [2.45, 2.75) is 13.8 Å². The zero-order chi connectivity index (χ0) is 23.5. The third-order valence-electron chi connectivity index (χ3n) is 4.79. The lowest BCUT2D eigenvalue weighted by atomic mass is 10.1. The van der Waals surface area contributed by atoms with Gasteiger partial charge in [0.1, 0.15) is 23.3 Å². The van der Waals surface area contributed by atoms with Gasteiger partial charge in [-0.25, -0.2) is 0 Å². The number of nitrogens with one attached hydrogen (secondary N) is 1. The quantitative estimate of drug-likeness (QED) is 0.337. The molecule has 0 spiro atoms. The second-order valence-corrected chi connectivity index (χ2v) is 8.33. The molecule has 0 saturated heterocycles. The van der Waals surface area contributed by atoms with Crippen molar-refractivity contribution in [3.63, 3.8) is 0 Å². The lowest BCUT2D eigenvalue weighted by Crippen LogP contribution is -2.20.